The molecule has 0 spiro atoms. The van der Waals surface area contributed by atoms with Gasteiger partial charge in [-0.2, -0.15) is 0 Å². The minimum atomic E-state index is -2.88. The number of carbonyl (C=O) groups is 2. The number of sulfone groups is 1. The fourth-order valence-corrected chi connectivity index (χ4v) is 5.75. The molecule has 2 amide bonds. The zero-order valence-corrected chi connectivity index (χ0v) is 18.3. The number of ether oxygens (including phenoxy) is 1. The molecule has 168 valence electrons. The van der Waals surface area contributed by atoms with Gasteiger partial charge in [0.2, 0.25) is 11.8 Å². The van der Waals surface area contributed by atoms with E-state index in [-0.39, 0.29) is 23.3 Å². The van der Waals surface area contributed by atoms with Gasteiger partial charge in [0.05, 0.1) is 23.7 Å². The Kier molecular flexibility index (Phi) is 5.38. The molecule has 2 aliphatic rings. The summed E-state index contributed by atoms with van der Waals surface area (Å²) < 4.78 is 34.7. The Morgan fingerprint density at radius 3 is 2.72 bits per heavy atom. The molecule has 0 aliphatic carbocycles. The average molecular weight is 457 g/mol. The number of benzene rings is 2. The quantitative estimate of drug-likeness (QED) is 0.587. The van der Waals surface area contributed by atoms with Crippen LogP contribution >= 0.6 is 0 Å². The minimum Gasteiger partial charge on any atom is -0.492 e. The van der Waals surface area contributed by atoms with Crippen LogP contribution < -0.4 is 10.1 Å². The number of piperidine rings is 1. The molecular weight excluding hydrogens is 432 g/mol. The van der Waals surface area contributed by atoms with Gasteiger partial charge in [-0.15, -0.1) is 0 Å². The smallest absolute Gasteiger partial charge is 0.234 e. The predicted molar refractivity (Wildman–Crippen MR) is 119 cm³/mol. The number of fused-ring (bicyclic) bond motifs is 3. The Hall–Kier alpha value is -2.91. The predicted octanol–water partition coefficient (Wildman–Crippen LogP) is 2.22. The Morgan fingerprint density at radius 2 is 1.94 bits per heavy atom. The van der Waals surface area contributed by atoms with Crippen LogP contribution in [0.4, 0.5) is 0 Å². The SMILES string of the molecule is O=C1CC[C@H](c2coc3ccc4cc(OCCN5CCS(=O)(=O)CC5)ccc4c23)C(=O)N1. The van der Waals surface area contributed by atoms with E-state index in [1.54, 1.807) is 6.26 Å². The van der Waals surface area contributed by atoms with Crippen molar-refractivity contribution in [2.24, 2.45) is 0 Å². The second-order valence-electron chi connectivity index (χ2n) is 8.36. The summed E-state index contributed by atoms with van der Waals surface area (Å²) in [5, 5.41) is 5.23. The van der Waals surface area contributed by atoms with Crippen molar-refractivity contribution in [3.63, 3.8) is 0 Å². The summed E-state index contributed by atoms with van der Waals surface area (Å²) in [5.41, 5.74) is 1.50. The normalized spacial score (nSPS) is 21.7. The molecule has 32 heavy (non-hydrogen) atoms. The van der Waals surface area contributed by atoms with E-state index in [1.165, 1.54) is 0 Å². The first-order chi connectivity index (χ1) is 15.4. The van der Waals surface area contributed by atoms with Crippen LogP contribution in [-0.4, -0.2) is 62.9 Å². The standard InChI is InChI=1S/C23H24N2O6S/c26-21-6-4-18(23(27)24-21)19-14-31-20-5-1-15-13-16(2-3-17(15)22(19)20)30-10-7-25-8-11-32(28,29)12-9-25/h1-3,5,13-14,18H,4,6-12H2,(H,24,26,27)/t18-/m1/s1. The topological polar surface area (TPSA) is 106 Å². The summed E-state index contributed by atoms with van der Waals surface area (Å²) in [7, 11) is -2.88. The molecule has 3 aromatic rings. The van der Waals surface area contributed by atoms with Crippen LogP contribution in [0.2, 0.25) is 0 Å². The molecule has 2 saturated heterocycles. The highest BCUT2D eigenvalue weighted by atomic mass is 32.2. The molecule has 0 radical (unpaired) electrons. The Morgan fingerprint density at radius 1 is 1.12 bits per heavy atom. The molecule has 8 nitrogen and oxygen atoms in total. The highest BCUT2D eigenvalue weighted by Crippen LogP contribution is 2.37. The fraction of sp³-hybridized carbons (Fsp3) is 0.391. The van der Waals surface area contributed by atoms with Gasteiger partial charge in [0.1, 0.15) is 17.9 Å². The third kappa shape index (κ3) is 4.10. The van der Waals surface area contributed by atoms with Crippen LogP contribution in [0.15, 0.2) is 41.0 Å². The molecule has 5 rings (SSSR count). The van der Waals surface area contributed by atoms with Crippen molar-refractivity contribution in [2.75, 3.05) is 37.7 Å². The van der Waals surface area contributed by atoms with Crippen LogP contribution in [0, 0.1) is 0 Å². The lowest BCUT2D eigenvalue weighted by Crippen LogP contribution is -2.42. The number of hydrogen-bond acceptors (Lipinski definition) is 7. The maximum atomic E-state index is 12.4. The molecular formula is C23H24N2O6S. The van der Waals surface area contributed by atoms with Gasteiger partial charge < -0.3 is 9.15 Å². The summed E-state index contributed by atoms with van der Waals surface area (Å²) in [6.45, 7) is 2.24. The number of imide groups is 1. The average Bonchev–Trinajstić information content (AvgIpc) is 3.19. The number of nitrogens with one attached hydrogen (secondary N) is 1. The molecule has 1 aromatic heterocycles. The zero-order valence-electron chi connectivity index (χ0n) is 17.5. The number of hydrogen-bond donors (Lipinski definition) is 1. The molecule has 2 aromatic carbocycles. The van der Waals surface area contributed by atoms with Crippen molar-refractivity contribution in [3.05, 3.63) is 42.2 Å². The molecule has 9 heteroatoms. The van der Waals surface area contributed by atoms with Gasteiger partial charge in [-0.1, -0.05) is 6.07 Å². The van der Waals surface area contributed by atoms with Crippen molar-refractivity contribution in [1.29, 1.82) is 0 Å². The second kappa shape index (κ2) is 8.22. The van der Waals surface area contributed by atoms with E-state index < -0.39 is 15.8 Å². The number of furan rings is 1. The lowest BCUT2D eigenvalue weighted by Gasteiger charge is -2.26. The van der Waals surface area contributed by atoms with Crippen molar-refractivity contribution < 1.29 is 27.2 Å². The molecule has 0 saturated carbocycles. The first kappa shape index (κ1) is 21.0. The minimum absolute atomic E-state index is 0.208. The largest absolute Gasteiger partial charge is 0.492 e. The van der Waals surface area contributed by atoms with Crippen molar-refractivity contribution in [2.45, 2.75) is 18.8 Å². The summed E-state index contributed by atoms with van der Waals surface area (Å²) in [6.07, 6.45) is 2.40. The van der Waals surface area contributed by atoms with E-state index in [1.807, 2.05) is 30.3 Å². The number of rotatable bonds is 5. The first-order valence-corrected chi connectivity index (χ1v) is 12.5. The third-order valence-electron chi connectivity index (χ3n) is 6.28. The summed E-state index contributed by atoms with van der Waals surface area (Å²) in [5.74, 6) is 0.206. The molecule has 2 aliphatic heterocycles. The monoisotopic (exact) mass is 456 g/mol. The lowest BCUT2D eigenvalue weighted by molar-refractivity contribution is -0.134. The van der Waals surface area contributed by atoms with E-state index in [4.69, 9.17) is 9.15 Å². The number of amides is 2. The highest BCUT2D eigenvalue weighted by Gasteiger charge is 2.31. The maximum absolute atomic E-state index is 12.4. The van der Waals surface area contributed by atoms with Crippen LogP contribution in [0.25, 0.3) is 21.7 Å². The van der Waals surface area contributed by atoms with E-state index in [9.17, 15) is 18.0 Å². The number of nitrogens with zero attached hydrogens (tertiary/aromatic N) is 1. The van der Waals surface area contributed by atoms with E-state index >= 15 is 0 Å². The van der Waals surface area contributed by atoms with Crippen LogP contribution in [-0.2, 0) is 19.4 Å². The van der Waals surface area contributed by atoms with Crippen molar-refractivity contribution in [1.82, 2.24) is 10.2 Å². The van der Waals surface area contributed by atoms with E-state index in [2.05, 4.69) is 10.2 Å². The van der Waals surface area contributed by atoms with Gasteiger partial charge in [-0.25, -0.2) is 8.42 Å². The molecule has 2 fully saturated rings. The second-order valence-corrected chi connectivity index (χ2v) is 10.7. The van der Waals surface area contributed by atoms with Gasteiger partial charge in [0.15, 0.2) is 9.84 Å². The van der Waals surface area contributed by atoms with Crippen LogP contribution in [0.1, 0.15) is 24.3 Å². The lowest BCUT2D eigenvalue weighted by atomic mass is 9.89. The number of carbonyl (C=O) groups excluding carboxylic acids is 2. The van der Waals surface area contributed by atoms with E-state index in [0.29, 0.717) is 44.7 Å². The Bertz CT molecular complexity index is 1300. The first-order valence-electron chi connectivity index (χ1n) is 10.7. The van der Waals surface area contributed by atoms with E-state index in [0.717, 1.165) is 27.5 Å². The van der Waals surface area contributed by atoms with Gasteiger partial charge in [-0.05, 0) is 41.5 Å². The molecule has 1 N–H and O–H groups in total. The Balaban J connectivity index is 1.34. The van der Waals surface area contributed by atoms with Gasteiger partial charge in [0.25, 0.3) is 0 Å². The molecule has 1 atom stereocenters. The van der Waals surface area contributed by atoms with Crippen LogP contribution in [0.3, 0.4) is 0 Å². The molecule has 0 unspecified atom stereocenters. The van der Waals surface area contributed by atoms with Crippen molar-refractivity contribution >= 4 is 43.4 Å². The zero-order chi connectivity index (χ0) is 22.3. The highest BCUT2D eigenvalue weighted by molar-refractivity contribution is 7.91. The van der Waals surface area contributed by atoms with Gasteiger partial charge in [0, 0.05) is 37.0 Å². The fourth-order valence-electron chi connectivity index (χ4n) is 4.47. The summed E-state index contributed by atoms with van der Waals surface area (Å²) >= 11 is 0. The van der Waals surface area contributed by atoms with Gasteiger partial charge in [-0.3, -0.25) is 19.8 Å². The molecule has 0 bridgehead atoms. The maximum Gasteiger partial charge on any atom is 0.234 e. The summed E-state index contributed by atoms with van der Waals surface area (Å²) in [6, 6.07) is 9.65. The third-order valence-corrected chi connectivity index (χ3v) is 7.89. The van der Waals surface area contributed by atoms with Crippen LogP contribution in [0.5, 0.6) is 5.75 Å². The summed E-state index contributed by atoms with van der Waals surface area (Å²) in [4.78, 5) is 26.0. The molecule has 3 heterocycles. The Labute approximate surface area is 185 Å². The van der Waals surface area contributed by atoms with Gasteiger partial charge >= 0.3 is 0 Å². The van der Waals surface area contributed by atoms with Crippen molar-refractivity contribution in [3.8, 4) is 5.75 Å².